The van der Waals surface area contributed by atoms with Crippen molar-refractivity contribution in [2.75, 3.05) is 12.4 Å². The van der Waals surface area contributed by atoms with Crippen molar-refractivity contribution >= 4 is 29.3 Å². The average molecular weight is 315 g/mol. The summed E-state index contributed by atoms with van der Waals surface area (Å²) in [7, 11) is 1.50. The molecule has 3 N–H and O–H groups in total. The second kappa shape index (κ2) is 8.36. The van der Waals surface area contributed by atoms with Crippen LogP contribution in [0.2, 0.25) is 5.02 Å². The van der Waals surface area contributed by atoms with E-state index in [2.05, 4.69) is 10.6 Å². The van der Waals surface area contributed by atoms with Crippen molar-refractivity contribution in [2.45, 2.75) is 32.2 Å². The van der Waals surface area contributed by atoms with E-state index in [9.17, 15) is 9.59 Å². The lowest BCUT2D eigenvalue weighted by molar-refractivity contribution is -0.137. The van der Waals surface area contributed by atoms with Gasteiger partial charge in [-0.3, -0.25) is 4.79 Å². The van der Waals surface area contributed by atoms with E-state index in [1.807, 2.05) is 6.92 Å². The summed E-state index contributed by atoms with van der Waals surface area (Å²) in [5.74, 6) is -0.330. The smallest absolute Gasteiger partial charge is 0.319 e. The normalized spacial score (nSPS) is 11.6. The molecule has 1 rings (SSSR count). The van der Waals surface area contributed by atoms with Crippen molar-refractivity contribution in [3.63, 3.8) is 0 Å². The number of carboxylic acids is 1. The molecule has 1 aromatic rings. The molecule has 0 radical (unpaired) electrons. The predicted molar refractivity (Wildman–Crippen MR) is 81.1 cm³/mol. The van der Waals surface area contributed by atoms with Crippen LogP contribution in [-0.4, -0.2) is 30.3 Å². The van der Waals surface area contributed by atoms with Gasteiger partial charge in [0.25, 0.3) is 0 Å². The van der Waals surface area contributed by atoms with Crippen molar-refractivity contribution in [3.05, 3.63) is 23.2 Å². The average Bonchev–Trinajstić information content (AvgIpc) is 2.38. The van der Waals surface area contributed by atoms with Gasteiger partial charge in [-0.15, -0.1) is 0 Å². The molecule has 1 atom stereocenters. The van der Waals surface area contributed by atoms with Gasteiger partial charge in [-0.25, -0.2) is 4.79 Å². The van der Waals surface area contributed by atoms with E-state index in [1.54, 1.807) is 18.2 Å². The van der Waals surface area contributed by atoms with Gasteiger partial charge in [-0.1, -0.05) is 11.6 Å². The van der Waals surface area contributed by atoms with Crippen LogP contribution >= 0.6 is 11.6 Å². The first-order valence-corrected chi connectivity index (χ1v) is 6.93. The molecule has 21 heavy (non-hydrogen) atoms. The molecule has 7 heteroatoms. The Kier molecular flexibility index (Phi) is 6.81. The molecule has 2 amide bonds. The number of rotatable bonds is 7. The van der Waals surface area contributed by atoms with Gasteiger partial charge in [0.15, 0.2) is 0 Å². The summed E-state index contributed by atoms with van der Waals surface area (Å²) in [4.78, 5) is 22.3. The van der Waals surface area contributed by atoms with Crippen LogP contribution in [0.3, 0.4) is 0 Å². The van der Waals surface area contributed by atoms with Crippen LogP contribution in [0.25, 0.3) is 0 Å². The fraction of sp³-hybridized carbons (Fsp3) is 0.429. The Bertz CT molecular complexity index is 508. The van der Waals surface area contributed by atoms with Gasteiger partial charge in [0.1, 0.15) is 5.75 Å². The zero-order chi connectivity index (χ0) is 15.8. The van der Waals surface area contributed by atoms with Gasteiger partial charge in [0.2, 0.25) is 0 Å². The van der Waals surface area contributed by atoms with Gasteiger partial charge in [0, 0.05) is 17.5 Å². The summed E-state index contributed by atoms with van der Waals surface area (Å²) < 4.78 is 5.13. The van der Waals surface area contributed by atoms with Crippen LogP contribution in [-0.2, 0) is 4.79 Å². The fourth-order valence-electron chi connectivity index (χ4n) is 1.79. The van der Waals surface area contributed by atoms with Gasteiger partial charge >= 0.3 is 12.0 Å². The minimum absolute atomic E-state index is 0.0930. The highest BCUT2D eigenvalue weighted by Crippen LogP contribution is 2.27. The molecule has 0 spiro atoms. The van der Waals surface area contributed by atoms with Crippen molar-refractivity contribution in [2.24, 2.45) is 0 Å². The van der Waals surface area contributed by atoms with Crippen LogP contribution < -0.4 is 15.4 Å². The number of anilines is 1. The summed E-state index contributed by atoms with van der Waals surface area (Å²) in [5.41, 5.74) is 0.472. The van der Waals surface area contributed by atoms with Crippen LogP contribution in [0.15, 0.2) is 18.2 Å². The first kappa shape index (κ1) is 17.1. The van der Waals surface area contributed by atoms with E-state index in [4.69, 9.17) is 21.4 Å². The number of amides is 2. The molecule has 0 saturated heterocycles. The molecule has 0 aliphatic rings. The molecule has 0 aliphatic carbocycles. The molecular weight excluding hydrogens is 296 g/mol. The quantitative estimate of drug-likeness (QED) is 0.721. The zero-order valence-corrected chi connectivity index (χ0v) is 12.7. The van der Waals surface area contributed by atoms with E-state index in [0.29, 0.717) is 29.3 Å². The molecular formula is C14H19ClN2O4. The minimum Gasteiger partial charge on any atom is -0.495 e. The molecule has 116 valence electrons. The predicted octanol–water partition coefficient (Wildman–Crippen LogP) is 3.11. The second-order valence-electron chi connectivity index (χ2n) is 4.63. The van der Waals surface area contributed by atoms with Crippen molar-refractivity contribution < 1.29 is 19.4 Å². The van der Waals surface area contributed by atoms with E-state index < -0.39 is 12.0 Å². The number of urea groups is 1. The lowest BCUT2D eigenvalue weighted by atomic mass is 10.1. The second-order valence-corrected chi connectivity index (χ2v) is 5.07. The van der Waals surface area contributed by atoms with Crippen LogP contribution in [0, 0.1) is 0 Å². The number of methoxy groups -OCH3 is 1. The topological polar surface area (TPSA) is 87.7 Å². The Hall–Kier alpha value is -1.95. The Balaban J connectivity index is 2.49. The summed E-state index contributed by atoms with van der Waals surface area (Å²) in [6.45, 7) is 1.82. The number of carbonyl (C=O) groups is 2. The molecule has 0 saturated carbocycles. The third-order valence-corrected chi connectivity index (χ3v) is 3.05. The van der Waals surface area contributed by atoms with E-state index >= 15 is 0 Å². The SMILES string of the molecule is COc1ccc(Cl)cc1NC(=O)NC(C)CCCC(=O)O. The fourth-order valence-corrected chi connectivity index (χ4v) is 1.96. The number of halogens is 1. The van der Waals surface area contributed by atoms with Gasteiger partial charge < -0.3 is 20.5 Å². The van der Waals surface area contributed by atoms with E-state index in [-0.39, 0.29) is 12.5 Å². The Morgan fingerprint density at radius 1 is 1.43 bits per heavy atom. The lowest BCUT2D eigenvalue weighted by Crippen LogP contribution is -2.36. The molecule has 0 fully saturated rings. The molecule has 0 bridgehead atoms. The maximum Gasteiger partial charge on any atom is 0.319 e. The van der Waals surface area contributed by atoms with Gasteiger partial charge in [-0.2, -0.15) is 0 Å². The minimum atomic E-state index is -0.838. The molecule has 1 unspecified atom stereocenters. The summed E-state index contributed by atoms with van der Waals surface area (Å²) >= 11 is 5.88. The molecule has 0 aromatic heterocycles. The number of carboxylic acid groups (broad SMARTS) is 1. The van der Waals surface area contributed by atoms with Gasteiger partial charge in [-0.05, 0) is 38.0 Å². The molecule has 0 heterocycles. The van der Waals surface area contributed by atoms with Crippen LogP contribution in [0.4, 0.5) is 10.5 Å². The van der Waals surface area contributed by atoms with Crippen molar-refractivity contribution in [3.8, 4) is 5.75 Å². The lowest BCUT2D eigenvalue weighted by Gasteiger charge is -2.15. The van der Waals surface area contributed by atoms with Crippen LogP contribution in [0.1, 0.15) is 26.2 Å². The third-order valence-electron chi connectivity index (χ3n) is 2.81. The largest absolute Gasteiger partial charge is 0.495 e. The Morgan fingerprint density at radius 2 is 2.14 bits per heavy atom. The summed E-state index contributed by atoms with van der Waals surface area (Å²) in [6, 6.07) is 4.40. The first-order valence-electron chi connectivity index (χ1n) is 6.55. The summed E-state index contributed by atoms with van der Waals surface area (Å²) in [6.07, 6.45) is 1.19. The maximum atomic E-state index is 11.9. The first-order chi connectivity index (χ1) is 9.92. The van der Waals surface area contributed by atoms with Crippen molar-refractivity contribution in [1.82, 2.24) is 5.32 Å². The Labute approximate surface area is 128 Å². The van der Waals surface area contributed by atoms with E-state index in [1.165, 1.54) is 7.11 Å². The number of hydrogen-bond donors (Lipinski definition) is 3. The zero-order valence-electron chi connectivity index (χ0n) is 12.0. The third kappa shape index (κ3) is 6.35. The molecule has 1 aromatic carbocycles. The monoisotopic (exact) mass is 314 g/mol. The standard InChI is InChI=1S/C14H19ClN2O4/c1-9(4-3-5-13(18)19)16-14(20)17-11-8-10(15)6-7-12(11)21-2/h6-9H,3-5H2,1-2H3,(H,18,19)(H2,16,17,20). The number of ether oxygens (including phenoxy) is 1. The van der Waals surface area contributed by atoms with Crippen molar-refractivity contribution in [1.29, 1.82) is 0 Å². The molecule has 6 nitrogen and oxygen atoms in total. The molecule has 0 aliphatic heterocycles. The van der Waals surface area contributed by atoms with E-state index in [0.717, 1.165) is 0 Å². The maximum absolute atomic E-state index is 11.9. The Morgan fingerprint density at radius 3 is 2.76 bits per heavy atom. The number of hydrogen-bond acceptors (Lipinski definition) is 3. The number of nitrogens with one attached hydrogen (secondary N) is 2. The highest BCUT2D eigenvalue weighted by atomic mass is 35.5. The number of benzene rings is 1. The highest BCUT2D eigenvalue weighted by Gasteiger charge is 2.11. The number of aliphatic carboxylic acids is 1. The highest BCUT2D eigenvalue weighted by molar-refractivity contribution is 6.31. The van der Waals surface area contributed by atoms with Crippen LogP contribution in [0.5, 0.6) is 5.75 Å². The summed E-state index contributed by atoms with van der Waals surface area (Å²) in [5, 5.41) is 14.4. The number of carbonyl (C=O) groups excluding carboxylic acids is 1. The van der Waals surface area contributed by atoms with Gasteiger partial charge in [0.05, 0.1) is 12.8 Å².